The Morgan fingerprint density at radius 2 is 1.80 bits per heavy atom. The lowest BCUT2D eigenvalue weighted by Crippen LogP contribution is -1.98. The molecular weight excluding hydrogens is 139 g/mol. The van der Waals surface area contributed by atoms with Crippen LogP contribution in [0.5, 0.6) is 0 Å². The molecule has 60 valence electrons. The Kier molecular flexibility index (Phi) is 3.17. The molecule has 1 aliphatic heterocycles. The van der Waals surface area contributed by atoms with E-state index in [-0.39, 0.29) is 7.26 Å². The molecule has 0 nitrogen and oxygen atoms in total. The molecule has 0 N–H and O–H groups in total. The van der Waals surface area contributed by atoms with E-state index in [0.717, 1.165) is 0 Å². The lowest BCUT2D eigenvalue weighted by molar-refractivity contribution is 0.887. The Labute approximate surface area is 65.7 Å². The van der Waals surface area contributed by atoms with Crippen molar-refractivity contribution < 1.29 is 0 Å². The van der Waals surface area contributed by atoms with E-state index >= 15 is 0 Å². The molecule has 0 aromatic rings. The number of unbranched alkanes of at least 4 members (excludes halogenated alkanes) is 1. The summed E-state index contributed by atoms with van der Waals surface area (Å²) in [6.07, 6.45) is 10.8. The van der Waals surface area contributed by atoms with Crippen molar-refractivity contribution in [2.75, 3.05) is 25.2 Å². The maximum Gasteiger partial charge on any atom is 0.0593 e. The summed E-state index contributed by atoms with van der Waals surface area (Å²) in [6.45, 7) is 4.89. The van der Waals surface area contributed by atoms with E-state index in [0.29, 0.717) is 0 Å². The van der Waals surface area contributed by atoms with Gasteiger partial charge in [-0.25, -0.2) is 0 Å². The van der Waals surface area contributed by atoms with E-state index in [1.54, 1.807) is 18.5 Å². The SMILES string of the molecule is CCCC[P+]1(C)CCCC1. The topological polar surface area (TPSA) is 0 Å². The van der Waals surface area contributed by atoms with Crippen molar-refractivity contribution in [3.05, 3.63) is 0 Å². The second-order valence-corrected chi connectivity index (χ2v) is 8.43. The van der Waals surface area contributed by atoms with Gasteiger partial charge in [-0.15, -0.1) is 0 Å². The maximum atomic E-state index is 2.58. The molecule has 0 spiro atoms. The molecule has 1 aliphatic rings. The van der Waals surface area contributed by atoms with E-state index in [4.69, 9.17) is 0 Å². The molecule has 1 heterocycles. The molecule has 0 radical (unpaired) electrons. The van der Waals surface area contributed by atoms with Crippen LogP contribution in [0.1, 0.15) is 32.6 Å². The van der Waals surface area contributed by atoms with Gasteiger partial charge in [0.05, 0.1) is 18.5 Å². The first-order valence-electron chi connectivity index (χ1n) is 4.60. The molecule has 0 aromatic heterocycles. The zero-order valence-electron chi connectivity index (χ0n) is 7.40. The van der Waals surface area contributed by atoms with Gasteiger partial charge in [-0.05, 0) is 19.3 Å². The monoisotopic (exact) mass is 159 g/mol. The highest BCUT2D eigenvalue weighted by Crippen LogP contribution is 2.60. The largest absolute Gasteiger partial charge is 0.0652 e. The van der Waals surface area contributed by atoms with Crippen molar-refractivity contribution >= 4 is 7.26 Å². The van der Waals surface area contributed by atoms with Crippen molar-refractivity contribution in [2.45, 2.75) is 32.6 Å². The van der Waals surface area contributed by atoms with E-state index in [9.17, 15) is 0 Å². The second kappa shape index (κ2) is 3.72. The molecule has 0 unspecified atom stereocenters. The first-order valence-corrected chi connectivity index (χ1v) is 7.39. The third-order valence-electron chi connectivity index (χ3n) is 2.70. The van der Waals surface area contributed by atoms with Crippen molar-refractivity contribution in [3.8, 4) is 0 Å². The molecule has 10 heavy (non-hydrogen) atoms. The number of hydrogen-bond acceptors (Lipinski definition) is 0. The summed E-state index contributed by atoms with van der Waals surface area (Å²) >= 11 is 0. The minimum Gasteiger partial charge on any atom is -0.0652 e. The average molecular weight is 159 g/mol. The van der Waals surface area contributed by atoms with Crippen molar-refractivity contribution in [1.29, 1.82) is 0 Å². The molecular formula is C9H20P+. The van der Waals surface area contributed by atoms with Crippen LogP contribution in [0.15, 0.2) is 0 Å². The Hall–Kier alpha value is 0.430. The fourth-order valence-corrected chi connectivity index (χ4v) is 5.59. The fraction of sp³-hybridized carbons (Fsp3) is 1.00. The standard InChI is InChI=1S/C9H20P/c1-3-4-7-10(2)8-5-6-9-10/h3-9H2,1-2H3/q+1. The van der Waals surface area contributed by atoms with Gasteiger partial charge in [0.2, 0.25) is 0 Å². The van der Waals surface area contributed by atoms with Crippen LogP contribution >= 0.6 is 7.26 Å². The van der Waals surface area contributed by atoms with Gasteiger partial charge in [-0.1, -0.05) is 13.3 Å². The predicted octanol–water partition coefficient (Wildman–Crippen LogP) is 3.23. The Morgan fingerprint density at radius 3 is 2.30 bits per heavy atom. The molecule has 0 aromatic carbocycles. The lowest BCUT2D eigenvalue weighted by Gasteiger charge is -2.15. The van der Waals surface area contributed by atoms with Crippen LogP contribution in [-0.4, -0.2) is 25.2 Å². The predicted molar refractivity (Wildman–Crippen MR) is 51.6 cm³/mol. The summed E-state index contributed by atoms with van der Waals surface area (Å²) < 4.78 is 0. The summed E-state index contributed by atoms with van der Waals surface area (Å²) in [5, 5.41) is 0. The van der Waals surface area contributed by atoms with Gasteiger partial charge in [0.1, 0.15) is 0 Å². The van der Waals surface area contributed by atoms with Gasteiger partial charge in [0.25, 0.3) is 0 Å². The van der Waals surface area contributed by atoms with Crippen LogP contribution in [0, 0.1) is 0 Å². The molecule has 0 bridgehead atoms. The smallest absolute Gasteiger partial charge is 0.0593 e. The third kappa shape index (κ3) is 2.23. The molecule has 1 fully saturated rings. The van der Waals surface area contributed by atoms with Crippen molar-refractivity contribution in [1.82, 2.24) is 0 Å². The first kappa shape index (κ1) is 8.53. The summed E-state index contributed by atoms with van der Waals surface area (Å²) in [5.41, 5.74) is 0. The van der Waals surface area contributed by atoms with E-state index < -0.39 is 0 Å². The zero-order valence-corrected chi connectivity index (χ0v) is 8.29. The Morgan fingerprint density at radius 1 is 1.20 bits per heavy atom. The van der Waals surface area contributed by atoms with Crippen LogP contribution in [-0.2, 0) is 0 Å². The second-order valence-electron chi connectivity index (χ2n) is 3.85. The van der Waals surface area contributed by atoms with Crippen LogP contribution in [0.3, 0.4) is 0 Å². The molecule has 1 rings (SSSR count). The molecule has 1 saturated heterocycles. The third-order valence-corrected chi connectivity index (χ3v) is 6.89. The van der Waals surface area contributed by atoms with Crippen LogP contribution in [0.2, 0.25) is 0 Å². The normalized spacial score (nSPS) is 23.4. The zero-order chi connectivity index (χ0) is 7.45. The minimum absolute atomic E-state index is 0.337. The highest BCUT2D eigenvalue weighted by molar-refractivity contribution is 7.75. The highest BCUT2D eigenvalue weighted by Gasteiger charge is 2.34. The Balaban J connectivity index is 2.22. The number of rotatable bonds is 3. The molecule has 1 heteroatoms. The fourth-order valence-electron chi connectivity index (χ4n) is 1.86. The van der Waals surface area contributed by atoms with Crippen LogP contribution in [0.4, 0.5) is 0 Å². The van der Waals surface area contributed by atoms with Crippen LogP contribution in [0.25, 0.3) is 0 Å². The lowest BCUT2D eigenvalue weighted by atomic mass is 10.4. The van der Waals surface area contributed by atoms with Gasteiger partial charge in [0.15, 0.2) is 0 Å². The van der Waals surface area contributed by atoms with Crippen LogP contribution < -0.4 is 0 Å². The van der Waals surface area contributed by atoms with E-state index in [1.165, 1.54) is 25.7 Å². The van der Waals surface area contributed by atoms with E-state index in [2.05, 4.69) is 13.6 Å². The quantitative estimate of drug-likeness (QED) is 0.554. The van der Waals surface area contributed by atoms with Gasteiger partial charge in [-0.3, -0.25) is 0 Å². The first-order chi connectivity index (χ1) is 4.77. The van der Waals surface area contributed by atoms with E-state index in [1.807, 2.05) is 0 Å². The van der Waals surface area contributed by atoms with Crippen molar-refractivity contribution in [2.24, 2.45) is 0 Å². The van der Waals surface area contributed by atoms with Gasteiger partial charge < -0.3 is 0 Å². The molecule has 0 amide bonds. The summed E-state index contributed by atoms with van der Waals surface area (Å²) in [7, 11) is -0.337. The average Bonchev–Trinajstić information content (AvgIpc) is 2.33. The molecule has 0 atom stereocenters. The number of hydrogen-bond donors (Lipinski definition) is 0. The summed E-state index contributed by atoms with van der Waals surface area (Å²) in [4.78, 5) is 0. The maximum absolute atomic E-state index is 2.58. The summed E-state index contributed by atoms with van der Waals surface area (Å²) in [6, 6.07) is 0. The van der Waals surface area contributed by atoms with Gasteiger partial charge in [0, 0.05) is 13.9 Å². The molecule has 0 aliphatic carbocycles. The highest BCUT2D eigenvalue weighted by atomic mass is 31.2. The molecule has 0 saturated carbocycles. The van der Waals surface area contributed by atoms with Gasteiger partial charge >= 0.3 is 0 Å². The van der Waals surface area contributed by atoms with Crippen molar-refractivity contribution in [3.63, 3.8) is 0 Å². The van der Waals surface area contributed by atoms with Gasteiger partial charge in [-0.2, -0.15) is 0 Å². The minimum atomic E-state index is -0.337. The summed E-state index contributed by atoms with van der Waals surface area (Å²) in [5.74, 6) is 0. The Bertz CT molecular complexity index is 92.9.